The topological polar surface area (TPSA) is 62.3 Å². The number of hydrogen-bond acceptors (Lipinski definition) is 4. The lowest BCUT2D eigenvalue weighted by Gasteiger charge is -2.37. The van der Waals surface area contributed by atoms with Crippen LogP contribution in [0.2, 0.25) is 0 Å². The molecular weight excluding hydrogens is 262 g/mol. The van der Waals surface area contributed by atoms with E-state index in [1.807, 2.05) is 0 Å². The molecule has 0 unspecified atom stereocenters. The lowest BCUT2D eigenvalue weighted by atomic mass is 9.85. The van der Waals surface area contributed by atoms with Gasteiger partial charge in [-0.15, -0.1) is 0 Å². The second-order valence-corrected chi connectivity index (χ2v) is 7.67. The maximum Gasteiger partial charge on any atom is 0.243 e. The first-order valence-corrected chi connectivity index (χ1v) is 7.93. The first kappa shape index (κ1) is 14.3. The molecule has 0 saturated carbocycles. The van der Waals surface area contributed by atoms with Gasteiger partial charge in [-0.05, 0) is 24.3 Å². The average Bonchev–Trinajstić information content (AvgIpc) is 2.37. The van der Waals surface area contributed by atoms with E-state index < -0.39 is 10.0 Å². The van der Waals surface area contributed by atoms with Crippen molar-refractivity contribution in [2.45, 2.75) is 31.6 Å². The van der Waals surface area contributed by atoms with Crippen molar-refractivity contribution < 1.29 is 8.42 Å². The highest BCUT2D eigenvalue weighted by Crippen LogP contribution is 2.31. The van der Waals surface area contributed by atoms with Crippen molar-refractivity contribution in [3.05, 3.63) is 18.3 Å². The maximum absolute atomic E-state index is 12.6. The minimum Gasteiger partial charge on any atom is -0.373 e. The molecule has 1 saturated heterocycles. The molecule has 0 bridgehead atoms. The minimum absolute atomic E-state index is 0.0458. The molecule has 106 valence electrons. The van der Waals surface area contributed by atoms with Crippen LogP contribution in [-0.2, 0) is 10.0 Å². The van der Waals surface area contributed by atoms with Crippen LogP contribution in [0, 0.1) is 5.41 Å². The summed E-state index contributed by atoms with van der Waals surface area (Å²) < 4.78 is 26.8. The van der Waals surface area contributed by atoms with Crippen molar-refractivity contribution in [3.8, 4) is 0 Å². The van der Waals surface area contributed by atoms with Gasteiger partial charge in [0.1, 0.15) is 5.82 Å². The van der Waals surface area contributed by atoms with Crippen LogP contribution >= 0.6 is 0 Å². The van der Waals surface area contributed by atoms with Crippen LogP contribution in [0.15, 0.2) is 23.2 Å². The Bertz CT molecular complexity index is 555. The maximum atomic E-state index is 12.6. The Morgan fingerprint density at radius 3 is 2.79 bits per heavy atom. The van der Waals surface area contributed by atoms with E-state index in [-0.39, 0.29) is 5.41 Å². The number of rotatable bonds is 3. The van der Waals surface area contributed by atoms with Crippen molar-refractivity contribution in [3.63, 3.8) is 0 Å². The molecule has 1 aliphatic heterocycles. The largest absolute Gasteiger partial charge is 0.373 e. The third-order valence-electron chi connectivity index (χ3n) is 3.49. The number of piperidine rings is 1. The van der Waals surface area contributed by atoms with Gasteiger partial charge in [0.05, 0.1) is 4.90 Å². The van der Waals surface area contributed by atoms with E-state index in [9.17, 15) is 8.42 Å². The number of nitrogens with zero attached hydrogens (tertiary/aromatic N) is 2. The summed E-state index contributed by atoms with van der Waals surface area (Å²) in [5.41, 5.74) is 0.0458. The van der Waals surface area contributed by atoms with Crippen molar-refractivity contribution >= 4 is 15.8 Å². The molecule has 19 heavy (non-hydrogen) atoms. The van der Waals surface area contributed by atoms with Crippen LogP contribution in [-0.4, -0.2) is 37.8 Å². The normalized spacial score (nSPS) is 20.2. The Kier molecular flexibility index (Phi) is 3.82. The lowest BCUT2D eigenvalue weighted by Crippen LogP contribution is -2.43. The molecule has 0 spiro atoms. The molecule has 0 aliphatic carbocycles. The molecule has 1 aromatic heterocycles. The highest BCUT2D eigenvalue weighted by molar-refractivity contribution is 7.89. The molecule has 0 radical (unpaired) electrons. The zero-order chi connectivity index (χ0) is 14.1. The third-order valence-corrected chi connectivity index (χ3v) is 5.33. The monoisotopic (exact) mass is 283 g/mol. The fourth-order valence-electron chi connectivity index (χ4n) is 2.43. The predicted molar refractivity (Wildman–Crippen MR) is 75.6 cm³/mol. The summed E-state index contributed by atoms with van der Waals surface area (Å²) in [6.07, 6.45) is 3.50. The van der Waals surface area contributed by atoms with E-state index in [2.05, 4.69) is 24.1 Å². The van der Waals surface area contributed by atoms with Crippen molar-refractivity contribution in [2.75, 3.05) is 25.5 Å². The standard InChI is InChI=1S/C13H21N3O2S/c1-13(2)6-4-8-16(10-13)19(17,18)11-5-7-15-12(9-11)14-3/h5,7,9H,4,6,8,10H2,1-3H3,(H,14,15). The van der Waals surface area contributed by atoms with Gasteiger partial charge in [0.15, 0.2) is 0 Å². The Morgan fingerprint density at radius 2 is 2.16 bits per heavy atom. The van der Waals surface area contributed by atoms with Crippen molar-refractivity contribution in [2.24, 2.45) is 5.41 Å². The van der Waals surface area contributed by atoms with Crippen LogP contribution in [0.25, 0.3) is 0 Å². The molecule has 1 aliphatic rings. The Hall–Kier alpha value is -1.14. The molecular formula is C13H21N3O2S. The molecule has 5 nitrogen and oxygen atoms in total. The summed E-state index contributed by atoms with van der Waals surface area (Å²) in [5, 5.41) is 2.86. The molecule has 0 atom stereocenters. The van der Waals surface area contributed by atoms with E-state index >= 15 is 0 Å². The van der Waals surface area contributed by atoms with E-state index in [1.54, 1.807) is 23.5 Å². The molecule has 1 fully saturated rings. The summed E-state index contributed by atoms with van der Waals surface area (Å²) in [5.74, 6) is 0.567. The summed E-state index contributed by atoms with van der Waals surface area (Å²) >= 11 is 0. The molecule has 1 aromatic rings. The highest BCUT2D eigenvalue weighted by atomic mass is 32.2. The van der Waals surface area contributed by atoms with Gasteiger partial charge in [0, 0.05) is 32.4 Å². The van der Waals surface area contributed by atoms with Crippen LogP contribution in [0.4, 0.5) is 5.82 Å². The van der Waals surface area contributed by atoms with E-state index in [0.29, 0.717) is 23.8 Å². The van der Waals surface area contributed by atoms with E-state index in [4.69, 9.17) is 0 Å². The zero-order valence-electron chi connectivity index (χ0n) is 11.7. The fourth-order valence-corrected chi connectivity index (χ4v) is 4.11. The molecule has 6 heteroatoms. The molecule has 1 N–H and O–H groups in total. The number of anilines is 1. The van der Waals surface area contributed by atoms with Crippen LogP contribution in [0.5, 0.6) is 0 Å². The number of pyridine rings is 1. The van der Waals surface area contributed by atoms with Gasteiger partial charge in [-0.3, -0.25) is 0 Å². The summed E-state index contributed by atoms with van der Waals surface area (Å²) in [6, 6.07) is 3.13. The van der Waals surface area contributed by atoms with Gasteiger partial charge in [-0.25, -0.2) is 13.4 Å². The smallest absolute Gasteiger partial charge is 0.243 e. The summed E-state index contributed by atoms with van der Waals surface area (Å²) in [7, 11) is -1.69. The number of aromatic nitrogens is 1. The van der Waals surface area contributed by atoms with E-state index in [1.165, 1.54) is 6.20 Å². The van der Waals surface area contributed by atoms with Crippen LogP contribution in [0.1, 0.15) is 26.7 Å². The third kappa shape index (κ3) is 3.06. The molecule has 0 amide bonds. The highest BCUT2D eigenvalue weighted by Gasteiger charge is 2.34. The van der Waals surface area contributed by atoms with Crippen LogP contribution in [0.3, 0.4) is 0 Å². The summed E-state index contributed by atoms with van der Waals surface area (Å²) in [4.78, 5) is 4.36. The van der Waals surface area contributed by atoms with Gasteiger partial charge in [0.25, 0.3) is 0 Å². The van der Waals surface area contributed by atoms with Crippen LogP contribution < -0.4 is 5.32 Å². The second kappa shape index (κ2) is 5.09. The van der Waals surface area contributed by atoms with Gasteiger partial charge in [-0.2, -0.15) is 4.31 Å². The Balaban J connectivity index is 2.31. The Labute approximate surface area is 115 Å². The first-order chi connectivity index (χ1) is 8.85. The quantitative estimate of drug-likeness (QED) is 0.921. The first-order valence-electron chi connectivity index (χ1n) is 6.49. The Morgan fingerprint density at radius 1 is 1.42 bits per heavy atom. The van der Waals surface area contributed by atoms with E-state index in [0.717, 1.165) is 12.8 Å². The van der Waals surface area contributed by atoms with Gasteiger partial charge >= 0.3 is 0 Å². The lowest BCUT2D eigenvalue weighted by molar-refractivity contribution is 0.187. The number of nitrogens with one attached hydrogen (secondary N) is 1. The number of hydrogen-bond donors (Lipinski definition) is 1. The van der Waals surface area contributed by atoms with Crippen molar-refractivity contribution in [1.29, 1.82) is 0 Å². The number of sulfonamides is 1. The molecule has 2 heterocycles. The van der Waals surface area contributed by atoms with Crippen molar-refractivity contribution in [1.82, 2.24) is 9.29 Å². The van der Waals surface area contributed by atoms with Gasteiger partial charge < -0.3 is 5.32 Å². The van der Waals surface area contributed by atoms with Gasteiger partial charge in [-0.1, -0.05) is 13.8 Å². The average molecular weight is 283 g/mol. The molecule has 0 aromatic carbocycles. The fraction of sp³-hybridized carbons (Fsp3) is 0.615. The second-order valence-electron chi connectivity index (χ2n) is 5.73. The predicted octanol–water partition coefficient (Wildman–Crippen LogP) is 1.93. The zero-order valence-corrected chi connectivity index (χ0v) is 12.5. The SMILES string of the molecule is CNc1cc(S(=O)(=O)N2CCCC(C)(C)C2)ccn1. The molecule has 2 rings (SSSR count). The van der Waals surface area contributed by atoms with Gasteiger partial charge in [0.2, 0.25) is 10.0 Å². The minimum atomic E-state index is -3.41. The summed E-state index contributed by atoms with van der Waals surface area (Å²) in [6.45, 7) is 5.40.